The average molecular weight is 429 g/mol. The first-order valence-corrected chi connectivity index (χ1v) is 9.78. The highest BCUT2D eigenvalue weighted by Crippen LogP contribution is 2.56. The molecular formula is C22H23NO8. The molecule has 2 unspecified atom stereocenters. The molecule has 9 nitrogen and oxygen atoms in total. The van der Waals surface area contributed by atoms with Crippen molar-refractivity contribution in [1.29, 1.82) is 0 Å². The summed E-state index contributed by atoms with van der Waals surface area (Å²) in [5.74, 6) is -7.50. The number of phenolic OH excluding ortho intramolecular Hbond substituents is 1. The number of Topliss-reactive ketones (excluding diaryl/α,β-unsaturated/α-hetero) is 3. The van der Waals surface area contributed by atoms with Crippen molar-refractivity contribution in [2.45, 2.75) is 44.4 Å². The monoisotopic (exact) mass is 429 g/mol. The molecule has 0 radical (unpaired) electrons. The van der Waals surface area contributed by atoms with Gasteiger partial charge in [-0.3, -0.25) is 14.4 Å². The van der Waals surface area contributed by atoms with Crippen molar-refractivity contribution in [2.75, 3.05) is 0 Å². The van der Waals surface area contributed by atoms with E-state index in [1.54, 1.807) is 13.0 Å². The Morgan fingerprint density at radius 1 is 1.16 bits per heavy atom. The minimum atomic E-state index is -2.73. The van der Waals surface area contributed by atoms with E-state index in [1.807, 2.05) is 0 Å². The van der Waals surface area contributed by atoms with Gasteiger partial charge in [0.05, 0.1) is 17.2 Å². The third-order valence-corrected chi connectivity index (χ3v) is 6.99. The zero-order chi connectivity index (χ0) is 23.2. The first-order valence-electron chi connectivity index (χ1n) is 9.78. The van der Waals surface area contributed by atoms with E-state index in [2.05, 4.69) is 0 Å². The molecule has 0 aromatic heterocycles. The summed E-state index contributed by atoms with van der Waals surface area (Å²) >= 11 is 0. The van der Waals surface area contributed by atoms with Crippen LogP contribution in [0.25, 0.3) is 5.76 Å². The zero-order valence-corrected chi connectivity index (χ0v) is 17.1. The van der Waals surface area contributed by atoms with Gasteiger partial charge in [-0.1, -0.05) is 12.1 Å². The lowest BCUT2D eigenvalue weighted by Gasteiger charge is -2.51. The normalized spacial score (nSPS) is 35.0. The van der Waals surface area contributed by atoms with Crippen molar-refractivity contribution < 1.29 is 39.9 Å². The lowest BCUT2D eigenvalue weighted by atomic mass is 9.54. The first-order chi connectivity index (χ1) is 14.3. The molecule has 4 rings (SSSR count). The highest BCUT2D eigenvalue weighted by atomic mass is 16.3. The van der Waals surface area contributed by atoms with Gasteiger partial charge >= 0.3 is 0 Å². The molecule has 0 heterocycles. The van der Waals surface area contributed by atoms with E-state index in [0.717, 1.165) is 6.92 Å². The Morgan fingerprint density at radius 2 is 1.77 bits per heavy atom. The second kappa shape index (κ2) is 6.25. The predicted molar refractivity (Wildman–Crippen MR) is 107 cm³/mol. The van der Waals surface area contributed by atoms with Crippen LogP contribution in [-0.4, -0.2) is 54.5 Å². The standard InChI is InChI=1S/C22H23NO8/c1-7-4-5-9-13(16(7)25)17(26)14-10(21(9,3)30)6-11-15(23)18(27)12(8(2)24)19(28)22(11,31)20(14)29/h4-5,10-11,15,25-26,28,30-31H,6,23H2,1-3H3/t10?,11?,15-,21+,22-/m1/s1. The van der Waals surface area contributed by atoms with Gasteiger partial charge in [-0.15, -0.1) is 0 Å². The molecule has 3 aliphatic carbocycles. The summed E-state index contributed by atoms with van der Waals surface area (Å²) in [5.41, 5.74) is 0.705. The Labute approximate surface area is 177 Å². The molecule has 5 atom stereocenters. The summed E-state index contributed by atoms with van der Waals surface area (Å²) in [7, 11) is 0. The predicted octanol–water partition coefficient (Wildman–Crippen LogP) is 0.438. The molecule has 164 valence electrons. The van der Waals surface area contributed by atoms with Crippen LogP contribution in [0.3, 0.4) is 0 Å². The second-order valence-corrected chi connectivity index (χ2v) is 8.72. The van der Waals surface area contributed by atoms with Crippen LogP contribution in [-0.2, 0) is 20.0 Å². The van der Waals surface area contributed by atoms with Crippen molar-refractivity contribution >= 4 is 23.1 Å². The summed E-state index contributed by atoms with van der Waals surface area (Å²) in [5, 5.41) is 54.8. The van der Waals surface area contributed by atoms with Gasteiger partial charge in [0.2, 0.25) is 5.78 Å². The SMILES string of the molecule is CC(=O)C1=C(O)[C@@]2(O)C(=O)C3=C(O)c4c(ccc(C)c4O)[C@](C)(O)C3CC2[C@@H](N)C1=O. The van der Waals surface area contributed by atoms with Gasteiger partial charge in [-0.25, -0.2) is 0 Å². The number of phenols is 1. The number of carbonyl (C=O) groups is 3. The number of hydrogen-bond donors (Lipinski definition) is 6. The van der Waals surface area contributed by atoms with Crippen molar-refractivity contribution in [3.05, 3.63) is 45.7 Å². The Morgan fingerprint density at radius 3 is 2.35 bits per heavy atom. The van der Waals surface area contributed by atoms with Gasteiger partial charge in [-0.2, -0.15) is 0 Å². The van der Waals surface area contributed by atoms with Crippen LogP contribution in [0.5, 0.6) is 5.75 Å². The maximum absolute atomic E-state index is 13.5. The van der Waals surface area contributed by atoms with Gasteiger partial charge in [0.15, 0.2) is 17.2 Å². The molecule has 9 heteroatoms. The van der Waals surface area contributed by atoms with Gasteiger partial charge in [-0.05, 0) is 38.3 Å². The summed E-state index contributed by atoms with van der Waals surface area (Å²) < 4.78 is 0. The number of carbonyl (C=O) groups excluding carboxylic acids is 3. The summed E-state index contributed by atoms with van der Waals surface area (Å²) in [4.78, 5) is 38.1. The fourth-order valence-corrected chi connectivity index (χ4v) is 5.22. The molecule has 0 bridgehead atoms. The third-order valence-electron chi connectivity index (χ3n) is 6.99. The number of rotatable bonds is 1. The van der Waals surface area contributed by atoms with Crippen LogP contribution < -0.4 is 5.73 Å². The van der Waals surface area contributed by atoms with Crippen molar-refractivity contribution in [1.82, 2.24) is 0 Å². The molecule has 31 heavy (non-hydrogen) atoms. The number of aliphatic hydroxyl groups excluding tert-OH is 2. The molecule has 1 saturated carbocycles. The summed E-state index contributed by atoms with van der Waals surface area (Å²) in [6.45, 7) is 3.96. The van der Waals surface area contributed by atoms with Gasteiger partial charge in [0.25, 0.3) is 0 Å². The highest BCUT2D eigenvalue weighted by Gasteiger charge is 2.65. The number of fused-ring (bicyclic) bond motifs is 3. The molecule has 1 fully saturated rings. The Bertz CT molecular complexity index is 1140. The van der Waals surface area contributed by atoms with E-state index < -0.39 is 69.1 Å². The van der Waals surface area contributed by atoms with Crippen LogP contribution in [0.1, 0.15) is 37.0 Å². The molecule has 1 aromatic rings. The van der Waals surface area contributed by atoms with E-state index >= 15 is 0 Å². The van der Waals surface area contributed by atoms with Gasteiger partial charge in [0.1, 0.15) is 22.8 Å². The molecule has 1 aromatic carbocycles. The van der Waals surface area contributed by atoms with E-state index in [-0.39, 0.29) is 23.3 Å². The molecule has 7 N–H and O–H groups in total. The van der Waals surface area contributed by atoms with Crippen LogP contribution in [0.4, 0.5) is 0 Å². The Balaban J connectivity index is 2.05. The average Bonchev–Trinajstić information content (AvgIpc) is 2.68. The van der Waals surface area contributed by atoms with Gasteiger partial charge in [0, 0.05) is 17.4 Å². The number of nitrogens with two attached hydrogens (primary N) is 1. The molecule has 0 saturated heterocycles. The molecule has 3 aliphatic rings. The minimum absolute atomic E-state index is 0.155. The maximum Gasteiger partial charge on any atom is 0.202 e. The molecule has 0 amide bonds. The summed E-state index contributed by atoms with van der Waals surface area (Å²) in [6.07, 6.45) is -0.245. The van der Waals surface area contributed by atoms with E-state index in [1.165, 1.54) is 13.0 Å². The fraction of sp³-hybridized carbons (Fsp3) is 0.409. The number of aromatic hydroxyl groups is 1. The molecule has 0 spiro atoms. The highest BCUT2D eigenvalue weighted by molar-refractivity contribution is 6.24. The fourth-order valence-electron chi connectivity index (χ4n) is 5.22. The number of hydrogen-bond acceptors (Lipinski definition) is 9. The smallest absolute Gasteiger partial charge is 0.202 e. The Kier molecular flexibility index (Phi) is 4.28. The molecule has 0 aliphatic heterocycles. The largest absolute Gasteiger partial charge is 0.508 e. The summed E-state index contributed by atoms with van der Waals surface area (Å²) in [6, 6.07) is 1.57. The van der Waals surface area contributed by atoms with Crippen LogP contribution in [0.15, 0.2) is 29.0 Å². The van der Waals surface area contributed by atoms with Crippen LogP contribution in [0, 0.1) is 18.8 Å². The van der Waals surface area contributed by atoms with Gasteiger partial charge < -0.3 is 31.3 Å². The first kappa shape index (κ1) is 21.2. The van der Waals surface area contributed by atoms with Crippen LogP contribution >= 0.6 is 0 Å². The second-order valence-electron chi connectivity index (χ2n) is 8.72. The van der Waals surface area contributed by atoms with E-state index in [0.29, 0.717) is 5.56 Å². The topological polar surface area (TPSA) is 178 Å². The Hall–Kier alpha value is -3.01. The maximum atomic E-state index is 13.5. The quantitative estimate of drug-likeness (QED) is 0.345. The number of aliphatic hydroxyl groups is 4. The number of benzene rings is 1. The zero-order valence-electron chi connectivity index (χ0n) is 17.1. The minimum Gasteiger partial charge on any atom is -0.508 e. The number of aryl methyl sites for hydroxylation is 1. The van der Waals surface area contributed by atoms with E-state index in [9.17, 15) is 39.9 Å². The van der Waals surface area contributed by atoms with E-state index in [4.69, 9.17) is 5.73 Å². The van der Waals surface area contributed by atoms with Crippen molar-refractivity contribution in [3.63, 3.8) is 0 Å². The lowest BCUT2D eigenvalue weighted by Crippen LogP contribution is -2.66. The van der Waals surface area contributed by atoms with Crippen molar-refractivity contribution in [3.8, 4) is 5.75 Å². The number of ketones is 3. The van der Waals surface area contributed by atoms with Crippen LogP contribution in [0.2, 0.25) is 0 Å². The molecular weight excluding hydrogens is 406 g/mol. The lowest BCUT2D eigenvalue weighted by molar-refractivity contribution is -0.154. The third kappa shape index (κ3) is 2.39. The van der Waals surface area contributed by atoms with Crippen molar-refractivity contribution in [2.24, 2.45) is 17.6 Å².